The van der Waals surface area contributed by atoms with Gasteiger partial charge in [0.2, 0.25) is 5.75 Å². The van der Waals surface area contributed by atoms with Crippen LogP contribution in [0.4, 0.5) is 5.69 Å². The van der Waals surface area contributed by atoms with Crippen LogP contribution in [-0.2, 0) is 4.79 Å². The van der Waals surface area contributed by atoms with Gasteiger partial charge in [-0.3, -0.25) is 14.9 Å². The number of rotatable bonds is 6. The molecule has 7 nitrogen and oxygen atoms in total. The van der Waals surface area contributed by atoms with Crippen LogP contribution in [0.2, 0.25) is 0 Å². The van der Waals surface area contributed by atoms with Crippen molar-refractivity contribution in [3.8, 4) is 17.2 Å². The molecule has 3 rings (SSSR count). The van der Waals surface area contributed by atoms with E-state index in [1.165, 1.54) is 25.3 Å². The van der Waals surface area contributed by atoms with Gasteiger partial charge in [0.15, 0.2) is 0 Å². The van der Waals surface area contributed by atoms with Crippen molar-refractivity contribution in [3.63, 3.8) is 0 Å². The normalized spacial score (nSPS) is 11.7. The van der Waals surface area contributed by atoms with Gasteiger partial charge in [-0.15, -0.1) is 0 Å². The predicted molar refractivity (Wildman–Crippen MR) is 104 cm³/mol. The fraction of sp³-hybridized carbons (Fsp3) is 0.190. The molecule has 0 unspecified atom stereocenters. The van der Waals surface area contributed by atoms with E-state index >= 15 is 0 Å². The second kappa shape index (κ2) is 7.96. The molecule has 7 heteroatoms. The molecule has 0 N–H and O–H groups in total. The summed E-state index contributed by atoms with van der Waals surface area (Å²) in [6.07, 6.45) is 0. The van der Waals surface area contributed by atoms with Gasteiger partial charge in [-0.05, 0) is 47.5 Å². The summed E-state index contributed by atoms with van der Waals surface area (Å²) >= 11 is 0. The van der Waals surface area contributed by atoms with Gasteiger partial charge in [0.25, 0.3) is 0 Å². The molecule has 0 saturated carbocycles. The molecule has 3 aromatic carbocycles. The molecule has 0 aliphatic carbocycles. The molecule has 0 fully saturated rings. The number of benzene rings is 3. The van der Waals surface area contributed by atoms with Gasteiger partial charge < -0.3 is 14.2 Å². The van der Waals surface area contributed by atoms with Crippen LogP contribution in [-0.4, -0.2) is 25.1 Å². The lowest BCUT2D eigenvalue weighted by Gasteiger charge is -2.13. The van der Waals surface area contributed by atoms with Crippen LogP contribution in [0.3, 0.4) is 0 Å². The first-order valence-electron chi connectivity index (χ1n) is 8.54. The fourth-order valence-corrected chi connectivity index (χ4v) is 2.82. The predicted octanol–water partition coefficient (Wildman–Crippen LogP) is 4.47. The summed E-state index contributed by atoms with van der Waals surface area (Å²) in [7, 11) is 3.01. The number of hydrogen-bond acceptors (Lipinski definition) is 6. The highest BCUT2D eigenvalue weighted by Gasteiger charge is 2.23. The Morgan fingerprint density at radius 3 is 2.21 bits per heavy atom. The van der Waals surface area contributed by atoms with Crippen molar-refractivity contribution in [1.82, 2.24) is 0 Å². The van der Waals surface area contributed by atoms with Gasteiger partial charge in [-0.25, -0.2) is 0 Å². The summed E-state index contributed by atoms with van der Waals surface area (Å²) in [5.74, 6) is -0.244. The van der Waals surface area contributed by atoms with Crippen LogP contribution in [0.25, 0.3) is 10.8 Å². The number of methoxy groups -OCH3 is 2. The third-order valence-corrected chi connectivity index (χ3v) is 4.50. The number of nitro benzene ring substituents is 1. The largest absolute Gasteiger partial charge is 0.497 e. The second-order valence-electron chi connectivity index (χ2n) is 6.21. The third-order valence-electron chi connectivity index (χ3n) is 4.50. The van der Waals surface area contributed by atoms with Gasteiger partial charge >= 0.3 is 11.7 Å². The Bertz CT molecular complexity index is 1050. The van der Waals surface area contributed by atoms with Crippen molar-refractivity contribution in [2.45, 2.75) is 12.8 Å². The van der Waals surface area contributed by atoms with E-state index in [9.17, 15) is 14.9 Å². The lowest BCUT2D eigenvalue weighted by molar-refractivity contribution is -0.385. The molecule has 0 radical (unpaired) electrons. The Balaban J connectivity index is 1.85. The Labute approximate surface area is 161 Å². The summed E-state index contributed by atoms with van der Waals surface area (Å²) in [6.45, 7) is 1.70. The Hall–Kier alpha value is -3.61. The quantitative estimate of drug-likeness (QED) is 0.271. The van der Waals surface area contributed by atoms with E-state index in [0.29, 0.717) is 5.75 Å². The maximum atomic E-state index is 12.6. The smallest absolute Gasteiger partial charge is 0.318 e. The first kappa shape index (κ1) is 19.2. The molecule has 0 aliphatic rings. The highest BCUT2D eigenvalue weighted by molar-refractivity contribution is 5.87. The van der Waals surface area contributed by atoms with Gasteiger partial charge in [0.05, 0.1) is 31.1 Å². The van der Waals surface area contributed by atoms with E-state index in [-0.39, 0.29) is 11.4 Å². The fourth-order valence-electron chi connectivity index (χ4n) is 2.82. The van der Waals surface area contributed by atoms with Gasteiger partial charge in [0.1, 0.15) is 11.5 Å². The molecule has 0 aromatic heterocycles. The number of ether oxygens (including phenoxy) is 3. The molecule has 0 aliphatic heterocycles. The lowest BCUT2D eigenvalue weighted by Crippen LogP contribution is -2.17. The summed E-state index contributed by atoms with van der Waals surface area (Å²) in [5, 5.41) is 13.2. The van der Waals surface area contributed by atoms with Crippen LogP contribution in [0.1, 0.15) is 18.4 Å². The highest BCUT2D eigenvalue weighted by Crippen LogP contribution is 2.33. The molecule has 0 heterocycles. The molecular formula is C21H19NO6. The molecule has 0 spiro atoms. The minimum absolute atomic E-state index is 0.117. The van der Waals surface area contributed by atoms with Crippen molar-refractivity contribution in [2.24, 2.45) is 0 Å². The van der Waals surface area contributed by atoms with Crippen LogP contribution in [0, 0.1) is 10.1 Å². The zero-order chi connectivity index (χ0) is 20.3. The summed E-state index contributed by atoms with van der Waals surface area (Å²) in [4.78, 5) is 23.2. The average Bonchev–Trinajstić information content (AvgIpc) is 2.72. The van der Waals surface area contributed by atoms with Crippen LogP contribution in [0.15, 0.2) is 54.6 Å². The van der Waals surface area contributed by atoms with Crippen molar-refractivity contribution in [2.75, 3.05) is 14.2 Å². The Morgan fingerprint density at radius 2 is 1.54 bits per heavy atom. The SMILES string of the molecule is COc1ccc(OC(=O)[C@@H](C)c2ccc3cc(OC)ccc3c2)c([N+](=O)[O-])c1. The lowest BCUT2D eigenvalue weighted by atomic mass is 9.98. The monoisotopic (exact) mass is 381 g/mol. The zero-order valence-electron chi connectivity index (χ0n) is 15.7. The van der Waals surface area contributed by atoms with Crippen LogP contribution in [0.5, 0.6) is 17.2 Å². The number of nitro groups is 1. The molecule has 0 saturated heterocycles. The van der Waals surface area contributed by atoms with E-state index in [4.69, 9.17) is 14.2 Å². The van der Waals surface area contributed by atoms with Crippen molar-refractivity contribution in [1.29, 1.82) is 0 Å². The Morgan fingerprint density at radius 1 is 0.929 bits per heavy atom. The number of fused-ring (bicyclic) bond motifs is 1. The molecule has 144 valence electrons. The van der Waals surface area contributed by atoms with Gasteiger partial charge in [0, 0.05) is 0 Å². The first-order valence-corrected chi connectivity index (χ1v) is 8.54. The van der Waals surface area contributed by atoms with Crippen LogP contribution < -0.4 is 14.2 Å². The van der Waals surface area contributed by atoms with E-state index in [0.717, 1.165) is 22.1 Å². The number of hydrogen-bond donors (Lipinski definition) is 0. The van der Waals surface area contributed by atoms with E-state index in [1.807, 2.05) is 36.4 Å². The maximum absolute atomic E-state index is 12.6. The number of esters is 1. The summed E-state index contributed by atoms with van der Waals surface area (Å²) < 4.78 is 15.5. The number of nitrogens with zero attached hydrogens (tertiary/aromatic N) is 1. The molecular weight excluding hydrogens is 362 g/mol. The number of carbonyl (C=O) groups excluding carboxylic acids is 1. The topological polar surface area (TPSA) is 87.9 Å². The maximum Gasteiger partial charge on any atom is 0.318 e. The van der Waals surface area contributed by atoms with Crippen molar-refractivity contribution < 1.29 is 23.9 Å². The third kappa shape index (κ3) is 3.88. The number of carbonyl (C=O) groups is 1. The summed E-state index contributed by atoms with van der Waals surface area (Å²) in [5.41, 5.74) is 0.421. The molecule has 0 bridgehead atoms. The van der Waals surface area contributed by atoms with Gasteiger partial charge in [-0.1, -0.05) is 24.3 Å². The summed E-state index contributed by atoms with van der Waals surface area (Å²) in [6, 6.07) is 15.4. The van der Waals surface area contributed by atoms with Crippen molar-refractivity contribution in [3.05, 3.63) is 70.3 Å². The minimum atomic E-state index is -0.612. The molecule has 3 aromatic rings. The van der Waals surface area contributed by atoms with Gasteiger partial charge in [-0.2, -0.15) is 0 Å². The second-order valence-corrected chi connectivity index (χ2v) is 6.21. The van der Waals surface area contributed by atoms with Crippen LogP contribution >= 0.6 is 0 Å². The zero-order valence-corrected chi connectivity index (χ0v) is 15.7. The van der Waals surface area contributed by atoms with E-state index in [1.54, 1.807) is 14.0 Å². The minimum Gasteiger partial charge on any atom is -0.497 e. The highest BCUT2D eigenvalue weighted by atomic mass is 16.6. The average molecular weight is 381 g/mol. The Kier molecular flexibility index (Phi) is 5.44. The first-order chi connectivity index (χ1) is 13.4. The molecule has 28 heavy (non-hydrogen) atoms. The molecule has 1 atom stereocenters. The standard InChI is InChI=1S/C21H19NO6/c1-13(14-4-5-16-11-17(26-2)7-6-15(16)10-14)21(23)28-20-9-8-18(27-3)12-19(20)22(24)25/h4-13H,1-3H3/t13-/m0/s1. The molecule has 0 amide bonds. The van der Waals surface area contributed by atoms with Crippen molar-refractivity contribution >= 4 is 22.4 Å². The van der Waals surface area contributed by atoms with E-state index in [2.05, 4.69) is 0 Å². The van der Waals surface area contributed by atoms with E-state index < -0.39 is 16.8 Å².